The second-order valence-corrected chi connectivity index (χ2v) is 10.6. The van der Waals surface area contributed by atoms with Gasteiger partial charge in [0.1, 0.15) is 5.75 Å². The fourth-order valence-corrected chi connectivity index (χ4v) is 5.84. The normalized spacial score (nSPS) is 19.2. The van der Waals surface area contributed by atoms with Crippen LogP contribution in [0.3, 0.4) is 0 Å². The highest BCUT2D eigenvalue weighted by Gasteiger charge is 2.30. The molecule has 0 spiro atoms. The van der Waals surface area contributed by atoms with Crippen LogP contribution < -0.4 is 4.74 Å². The summed E-state index contributed by atoms with van der Waals surface area (Å²) in [6.45, 7) is 3.07. The van der Waals surface area contributed by atoms with E-state index in [-0.39, 0.29) is 6.42 Å². The van der Waals surface area contributed by atoms with Gasteiger partial charge < -0.3 is 24.4 Å². The van der Waals surface area contributed by atoms with E-state index in [4.69, 9.17) is 4.74 Å². The number of hydrogen-bond acceptors (Lipinski definition) is 5. The van der Waals surface area contributed by atoms with E-state index in [1.165, 1.54) is 12.0 Å². The number of carboxylic acids is 1. The summed E-state index contributed by atoms with van der Waals surface area (Å²) in [6.07, 6.45) is 12.4. The van der Waals surface area contributed by atoms with Crippen molar-refractivity contribution in [1.82, 2.24) is 14.5 Å². The highest BCUT2D eigenvalue weighted by atomic mass is 16.5. The number of ether oxygens (including phenoxy) is 1. The number of piperidine rings is 1. The number of pyridine rings is 1. The van der Waals surface area contributed by atoms with Gasteiger partial charge in [-0.2, -0.15) is 0 Å². The molecule has 1 unspecified atom stereocenters. The molecule has 1 aliphatic heterocycles. The van der Waals surface area contributed by atoms with Crippen molar-refractivity contribution >= 4 is 16.9 Å². The number of unbranched alkanes of at least 4 members (excludes halogenated alkanes) is 1. The molecule has 1 fully saturated rings. The van der Waals surface area contributed by atoms with Gasteiger partial charge in [-0.15, -0.1) is 0 Å². The van der Waals surface area contributed by atoms with Crippen LogP contribution in [0.25, 0.3) is 10.9 Å². The third-order valence-electron chi connectivity index (χ3n) is 7.94. The number of methoxy groups -OCH3 is 1. The van der Waals surface area contributed by atoms with Crippen LogP contribution in [0, 0.1) is 11.8 Å². The molecule has 0 aliphatic carbocycles. The van der Waals surface area contributed by atoms with Gasteiger partial charge in [0.2, 0.25) is 0 Å². The number of carbonyl (C=O) groups is 1. The molecule has 2 N–H and O–H groups in total. The summed E-state index contributed by atoms with van der Waals surface area (Å²) in [5.41, 5.74) is 3.11. The summed E-state index contributed by atoms with van der Waals surface area (Å²) in [5, 5.41) is 21.4. The van der Waals surface area contributed by atoms with Crippen LogP contribution in [0.15, 0.2) is 48.9 Å². The van der Waals surface area contributed by atoms with E-state index in [1.807, 2.05) is 24.3 Å². The maximum atomic E-state index is 11.3. The molecule has 4 rings (SSSR count). The van der Waals surface area contributed by atoms with E-state index in [0.717, 1.165) is 67.5 Å². The number of benzene rings is 1. The molecular formula is C30H41N3O4. The number of hydrogen-bond donors (Lipinski definition) is 2. The number of likely N-dealkylation sites (tertiary alicyclic amines) is 1. The van der Waals surface area contributed by atoms with E-state index >= 15 is 0 Å². The van der Waals surface area contributed by atoms with E-state index in [0.29, 0.717) is 24.7 Å². The van der Waals surface area contributed by atoms with Crippen molar-refractivity contribution in [1.29, 1.82) is 0 Å². The SMILES string of the molecule is COc1ccc2nccc(C(O)CC[C@@H]3CCN(CCCCc4ccn(C)c4)C[C@@H]3CCC(=O)O)c2c1. The second kappa shape index (κ2) is 13.1. The molecule has 0 amide bonds. The largest absolute Gasteiger partial charge is 0.497 e. The highest BCUT2D eigenvalue weighted by molar-refractivity contribution is 5.83. The van der Waals surface area contributed by atoms with Gasteiger partial charge in [-0.1, -0.05) is 0 Å². The molecule has 0 bridgehead atoms. The van der Waals surface area contributed by atoms with Gasteiger partial charge >= 0.3 is 5.97 Å². The van der Waals surface area contributed by atoms with Crippen molar-refractivity contribution in [3.63, 3.8) is 0 Å². The van der Waals surface area contributed by atoms with Gasteiger partial charge in [0.05, 0.1) is 18.7 Å². The number of nitrogens with zero attached hydrogens (tertiary/aromatic N) is 3. The summed E-state index contributed by atoms with van der Waals surface area (Å²) in [4.78, 5) is 18.3. The van der Waals surface area contributed by atoms with Crippen molar-refractivity contribution in [3.8, 4) is 5.75 Å². The summed E-state index contributed by atoms with van der Waals surface area (Å²) >= 11 is 0. The molecule has 3 heterocycles. The number of aliphatic carboxylic acids is 1. The average Bonchev–Trinajstić information content (AvgIpc) is 3.33. The minimum atomic E-state index is -0.726. The number of rotatable bonds is 13. The monoisotopic (exact) mass is 507 g/mol. The van der Waals surface area contributed by atoms with Crippen LogP contribution in [-0.2, 0) is 18.3 Å². The molecular weight excluding hydrogens is 466 g/mol. The zero-order valence-corrected chi connectivity index (χ0v) is 22.2. The number of carboxylic acid groups (broad SMARTS) is 1. The lowest BCUT2D eigenvalue weighted by molar-refractivity contribution is -0.137. The van der Waals surface area contributed by atoms with Crippen LogP contribution in [0.5, 0.6) is 5.75 Å². The lowest BCUT2D eigenvalue weighted by atomic mass is 9.79. The number of aliphatic hydroxyl groups is 1. The standard InChI is InChI=1S/C30H41N3O4/c1-32-17-13-22(20-32)5-3-4-16-33-18-14-23(24(21-33)7-11-30(35)36)6-10-29(34)26-12-15-31-28-9-8-25(37-2)19-27(26)28/h8-9,12-13,15,17,19-20,23-24,29,34H,3-7,10-11,14,16,18,21H2,1-2H3,(H,35,36)/t23-,24+,29?/m1/s1. The van der Waals surface area contributed by atoms with Gasteiger partial charge in [-0.3, -0.25) is 9.78 Å². The van der Waals surface area contributed by atoms with Crippen molar-refractivity contribution in [3.05, 3.63) is 60.0 Å². The first-order valence-corrected chi connectivity index (χ1v) is 13.6. The molecule has 2 aromatic heterocycles. The fraction of sp³-hybridized carbons (Fsp3) is 0.533. The van der Waals surface area contributed by atoms with Crippen molar-refractivity contribution in [2.24, 2.45) is 18.9 Å². The maximum absolute atomic E-state index is 11.3. The number of aryl methyl sites for hydroxylation is 2. The smallest absolute Gasteiger partial charge is 0.303 e. The van der Waals surface area contributed by atoms with E-state index in [1.54, 1.807) is 13.3 Å². The number of fused-ring (bicyclic) bond motifs is 1. The van der Waals surface area contributed by atoms with E-state index in [9.17, 15) is 15.0 Å². The molecule has 7 nitrogen and oxygen atoms in total. The lowest BCUT2D eigenvalue weighted by Crippen LogP contribution is -2.41. The summed E-state index contributed by atoms with van der Waals surface area (Å²) in [7, 11) is 3.70. The Labute approximate surface area is 220 Å². The molecule has 1 aliphatic rings. The first-order chi connectivity index (χ1) is 17.9. The van der Waals surface area contributed by atoms with Crippen molar-refractivity contribution in [2.75, 3.05) is 26.7 Å². The van der Waals surface area contributed by atoms with Crippen LogP contribution in [0.1, 0.15) is 62.2 Å². The zero-order chi connectivity index (χ0) is 26.2. The topological polar surface area (TPSA) is 87.8 Å². The quantitative estimate of drug-likeness (QED) is 0.308. The van der Waals surface area contributed by atoms with Gasteiger partial charge in [0, 0.05) is 44.0 Å². The first kappa shape index (κ1) is 27.1. The minimum Gasteiger partial charge on any atom is -0.497 e. The molecule has 3 atom stereocenters. The molecule has 0 saturated carbocycles. The van der Waals surface area contributed by atoms with Gasteiger partial charge in [-0.25, -0.2) is 0 Å². The third kappa shape index (κ3) is 7.55. The first-order valence-electron chi connectivity index (χ1n) is 13.6. The Hall–Kier alpha value is -2.90. The third-order valence-corrected chi connectivity index (χ3v) is 7.94. The van der Waals surface area contributed by atoms with Gasteiger partial charge in [0.25, 0.3) is 0 Å². The Morgan fingerprint density at radius 1 is 1.19 bits per heavy atom. The predicted molar refractivity (Wildman–Crippen MR) is 146 cm³/mol. The molecule has 7 heteroatoms. The average molecular weight is 508 g/mol. The van der Waals surface area contributed by atoms with Crippen molar-refractivity contribution in [2.45, 2.75) is 57.5 Å². The van der Waals surface area contributed by atoms with Gasteiger partial charge in [0.15, 0.2) is 0 Å². The Balaban J connectivity index is 1.32. The molecule has 1 saturated heterocycles. The zero-order valence-electron chi connectivity index (χ0n) is 22.2. The molecule has 37 heavy (non-hydrogen) atoms. The van der Waals surface area contributed by atoms with Crippen LogP contribution in [-0.4, -0.2) is 57.4 Å². The Bertz CT molecular complexity index is 1160. The summed E-state index contributed by atoms with van der Waals surface area (Å²) in [5.74, 6) is 0.799. The van der Waals surface area contributed by atoms with Crippen LogP contribution >= 0.6 is 0 Å². The number of aromatic nitrogens is 2. The lowest BCUT2D eigenvalue weighted by Gasteiger charge is -2.39. The summed E-state index contributed by atoms with van der Waals surface area (Å²) < 4.78 is 7.47. The maximum Gasteiger partial charge on any atom is 0.303 e. The Kier molecular flexibility index (Phi) is 9.58. The minimum absolute atomic E-state index is 0.209. The predicted octanol–water partition coefficient (Wildman–Crippen LogP) is 5.22. The molecule has 0 radical (unpaired) electrons. The molecule has 1 aromatic carbocycles. The molecule has 3 aromatic rings. The Morgan fingerprint density at radius 3 is 2.81 bits per heavy atom. The van der Waals surface area contributed by atoms with Crippen molar-refractivity contribution < 1.29 is 19.7 Å². The van der Waals surface area contributed by atoms with Crippen LogP contribution in [0.2, 0.25) is 0 Å². The van der Waals surface area contributed by atoms with Gasteiger partial charge in [-0.05, 0) is 111 Å². The van der Waals surface area contributed by atoms with E-state index in [2.05, 4.69) is 40.0 Å². The van der Waals surface area contributed by atoms with Crippen LogP contribution in [0.4, 0.5) is 0 Å². The molecule has 200 valence electrons. The van der Waals surface area contributed by atoms with E-state index < -0.39 is 12.1 Å². The highest BCUT2D eigenvalue weighted by Crippen LogP contribution is 2.35. The Morgan fingerprint density at radius 2 is 2.05 bits per heavy atom. The number of aliphatic hydroxyl groups excluding tert-OH is 1. The summed E-state index contributed by atoms with van der Waals surface area (Å²) in [6, 6.07) is 9.82. The fourth-order valence-electron chi connectivity index (χ4n) is 5.84. The second-order valence-electron chi connectivity index (χ2n) is 10.6.